The fourth-order valence-corrected chi connectivity index (χ4v) is 5.58. The van der Waals surface area contributed by atoms with Crippen molar-refractivity contribution in [2.24, 2.45) is 28.0 Å². The molecule has 27 heavy (non-hydrogen) atoms. The van der Waals surface area contributed by atoms with Gasteiger partial charge < -0.3 is 5.73 Å². The molecule has 1 aromatic carbocycles. The van der Waals surface area contributed by atoms with Gasteiger partial charge in [0.2, 0.25) is 5.95 Å². The summed E-state index contributed by atoms with van der Waals surface area (Å²) in [4.78, 5) is 9.65. The molecule has 5 heteroatoms. The molecule has 2 aromatic rings. The standard InChI is InChI=1S/C22H29N5/c1-13-11-14-7-6-10-22(2,3)16(14)12-15(13)19-25-20(23)26-21-24-17-8-4-5-9-18(17)27(19)21/h4-5,8-9,13,15,19H,6-7,10-12H2,1-3H3,(H3,23,24,25,26)/t13-,15-,19-/m1/s1. The number of rotatable bonds is 1. The van der Waals surface area contributed by atoms with Crippen LogP contribution in [-0.2, 0) is 0 Å². The minimum absolute atomic E-state index is 0.00965. The number of nitrogens with one attached hydrogen (secondary N) is 1. The summed E-state index contributed by atoms with van der Waals surface area (Å²) in [5.41, 5.74) is 12.0. The Hall–Kier alpha value is -2.30. The van der Waals surface area contributed by atoms with Crippen LogP contribution in [0.3, 0.4) is 0 Å². The second kappa shape index (κ2) is 5.85. The highest BCUT2D eigenvalue weighted by atomic mass is 15.4. The molecule has 0 radical (unpaired) electrons. The van der Waals surface area contributed by atoms with Crippen LogP contribution in [0, 0.1) is 17.3 Å². The average molecular weight is 364 g/mol. The van der Waals surface area contributed by atoms with Crippen LogP contribution in [0.4, 0.5) is 5.95 Å². The summed E-state index contributed by atoms with van der Waals surface area (Å²) in [6.07, 6.45) is 6.24. The summed E-state index contributed by atoms with van der Waals surface area (Å²) in [5, 5.41) is 3.17. The predicted octanol–water partition coefficient (Wildman–Crippen LogP) is 4.83. The summed E-state index contributed by atoms with van der Waals surface area (Å²) < 4.78 is 2.27. The monoisotopic (exact) mass is 363 g/mol. The maximum atomic E-state index is 6.17. The molecule has 0 saturated heterocycles. The Labute approximate surface area is 160 Å². The fourth-order valence-electron chi connectivity index (χ4n) is 5.58. The molecule has 0 bridgehead atoms. The summed E-state index contributed by atoms with van der Waals surface area (Å²) in [6.45, 7) is 7.24. The highest BCUT2D eigenvalue weighted by Gasteiger charge is 2.41. The SMILES string of the molecule is C[C@@H]1CC2=C(C[C@H]1[C@@H]1N=C(N)Nc3nc4ccccc4n31)C(C)(C)CCC2. The molecule has 3 atom stereocenters. The number of allylic oxidation sites excluding steroid dienone is 2. The van der Waals surface area contributed by atoms with Crippen LogP contribution in [0.2, 0.25) is 0 Å². The number of para-hydroxylation sites is 2. The van der Waals surface area contributed by atoms with Crippen LogP contribution in [0.5, 0.6) is 0 Å². The molecule has 0 unspecified atom stereocenters. The van der Waals surface area contributed by atoms with Crippen molar-refractivity contribution in [3.05, 3.63) is 35.4 Å². The Morgan fingerprint density at radius 3 is 2.89 bits per heavy atom. The molecule has 0 amide bonds. The van der Waals surface area contributed by atoms with Gasteiger partial charge in [-0.25, -0.2) is 9.98 Å². The lowest BCUT2D eigenvalue weighted by Crippen LogP contribution is -2.38. The Kier molecular flexibility index (Phi) is 3.65. The van der Waals surface area contributed by atoms with Crippen LogP contribution >= 0.6 is 0 Å². The van der Waals surface area contributed by atoms with Crippen molar-refractivity contribution in [1.82, 2.24) is 9.55 Å². The molecule has 2 heterocycles. The maximum Gasteiger partial charge on any atom is 0.212 e. The Balaban J connectivity index is 1.60. The van der Waals surface area contributed by atoms with E-state index in [0.717, 1.165) is 23.4 Å². The quantitative estimate of drug-likeness (QED) is 0.713. The molecule has 1 aromatic heterocycles. The van der Waals surface area contributed by atoms with Crippen LogP contribution in [-0.4, -0.2) is 15.5 Å². The summed E-state index contributed by atoms with van der Waals surface area (Å²) >= 11 is 0. The van der Waals surface area contributed by atoms with E-state index in [-0.39, 0.29) is 6.17 Å². The van der Waals surface area contributed by atoms with Gasteiger partial charge in [0.25, 0.3) is 0 Å². The zero-order chi connectivity index (χ0) is 18.8. The Morgan fingerprint density at radius 2 is 2.04 bits per heavy atom. The highest BCUT2D eigenvalue weighted by Crippen LogP contribution is 2.52. The van der Waals surface area contributed by atoms with E-state index in [0.29, 0.717) is 23.2 Å². The van der Waals surface area contributed by atoms with Gasteiger partial charge in [-0.15, -0.1) is 0 Å². The van der Waals surface area contributed by atoms with Crippen molar-refractivity contribution in [3.63, 3.8) is 0 Å². The van der Waals surface area contributed by atoms with Gasteiger partial charge >= 0.3 is 0 Å². The van der Waals surface area contributed by atoms with Crippen LogP contribution in [0.1, 0.15) is 59.0 Å². The van der Waals surface area contributed by atoms with Gasteiger partial charge in [-0.3, -0.25) is 9.88 Å². The number of imidazole rings is 1. The third kappa shape index (κ3) is 2.59. The van der Waals surface area contributed by atoms with E-state index in [1.165, 1.54) is 25.7 Å². The van der Waals surface area contributed by atoms with E-state index in [9.17, 15) is 0 Å². The van der Waals surface area contributed by atoms with E-state index in [2.05, 4.69) is 48.9 Å². The minimum Gasteiger partial charge on any atom is -0.370 e. The fraction of sp³-hybridized carbons (Fsp3) is 0.545. The molecule has 1 aliphatic heterocycles. The molecule has 0 spiro atoms. The second-order valence-electron chi connectivity index (χ2n) is 9.22. The van der Waals surface area contributed by atoms with E-state index >= 15 is 0 Å². The molecular formula is C22H29N5. The molecule has 0 fully saturated rings. The molecule has 5 rings (SSSR count). The molecular weight excluding hydrogens is 334 g/mol. The number of nitrogens with zero attached hydrogens (tertiary/aromatic N) is 3. The van der Waals surface area contributed by atoms with Gasteiger partial charge in [0.05, 0.1) is 11.0 Å². The number of aliphatic imine (C=N–C) groups is 1. The van der Waals surface area contributed by atoms with Gasteiger partial charge in [-0.05, 0) is 55.6 Å². The lowest BCUT2D eigenvalue weighted by molar-refractivity contribution is 0.199. The molecule has 0 saturated carbocycles. The molecule has 3 N–H and O–H groups in total. The van der Waals surface area contributed by atoms with Gasteiger partial charge in [-0.1, -0.05) is 44.1 Å². The third-order valence-corrected chi connectivity index (χ3v) is 7.02. The zero-order valence-corrected chi connectivity index (χ0v) is 16.5. The van der Waals surface area contributed by atoms with E-state index in [1.54, 1.807) is 11.1 Å². The number of nitrogens with two attached hydrogens (primary N) is 1. The Morgan fingerprint density at radius 1 is 1.22 bits per heavy atom. The van der Waals surface area contributed by atoms with Crippen molar-refractivity contribution in [2.75, 3.05) is 5.32 Å². The van der Waals surface area contributed by atoms with Crippen molar-refractivity contribution in [3.8, 4) is 0 Å². The average Bonchev–Trinajstić information content (AvgIpc) is 2.98. The van der Waals surface area contributed by atoms with Gasteiger partial charge in [0.1, 0.15) is 6.17 Å². The first-order valence-electron chi connectivity index (χ1n) is 10.2. The largest absolute Gasteiger partial charge is 0.370 e. The topological polar surface area (TPSA) is 68.2 Å². The molecule has 5 nitrogen and oxygen atoms in total. The van der Waals surface area contributed by atoms with Crippen molar-refractivity contribution in [1.29, 1.82) is 0 Å². The molecule has 142 valence electrons. The smallest absolute Gasteiger partial charge is 0.212 e. The first-order chi connectivity index (χ1) is 12.9. The van der Waals surface area contributed by atoms with Crippen molar-refractivity contribution < 1.29 is 0 Å². The first kappa shape index (κ1) is 16.8. The van der Waals surface area contributed by atoms with E-state index in [1.807, 2.05) is 6.07 Å². The summed E-state index contributed by atoms with van der Waals surface area (Å²) in [5.74, 6) is 2.34. The lowest BCUT2D eigenvalue weighted by atomic mass is 9.63. The zero-order valence-electron chi connectivity index (χ0n) is 16.5. The van der Waals surface area contributed by atoms with Gasteiger partial charge in [0.15, 0.2) is 5.96 Å². The third-order valence-electron chi connectivity index (χ3n) is 7.02. The van der Waals surface area contributed by atoms with Crippen LogP contribution in [0.25, 0.3) is 11.0 Å². The number of guanidine groups is 1. The van der Waals surface area contributed by atoms with Gasteiger partial charge in [0, 0.05) is 5.92 Å². The first-order valence-corrected chi connectivity index (χ1v) is 10.2. The molecule has 2 aliphatic carbocycles. The number of fused-ring (bicyclic) bond motifs is 3. The lowest BCUT2D eigenvalue weighted by Gasteiger charge is -2.45. The summed E-state index contributed by atoms with van der Waals surface area (Å²) in [6, 6.07) is 8.31. The number of aromatic nitrogens is 2. The van der Waals surface area contributed by atoms with E-state index in [4.69, 9.17) is 15.7 Å². The van der Waals surface area contributed by atoms with Gasteiger partial charge in [-0.2, -0.15) is 0 Å². The maximum absolute atomic E-state index is 6.17. The highest BCUT2D eigenvalue weighted by molar-refractivity contribution is 5.94. The second-order valence-corrected chi connectivity index (χ2v) is 9.22. The molecule has 3 aliphatic rings. The Bertz CT molecular complexity index is 964. The van der Waals surface area contributed by atoms with Crippen LogP contribution < -0.4 is 11.1 Å². The minimum atomic E-state index is 0.00965. The van der Waals surface area contributed by atoms with Crippen molar-refractivity contribution >= 4 is 22.9 Å². The predicted molar refractivity (Wildman–Crippen MR) is 111 cm³/mol. The van der Waals surface area contributed by atoms with Crippen LogP contribution in [0.15, 0.2) is 40.4 Å². The van der Waals surface area contributed by atoms with Crippen molar-refractivity contribution in [2.45, 2.75) is 59.0 Å². The number of benzene rings is 1. The summed E-state index contributed by atoms with van der Waals surface area (Å²) in [7, 11) is 0. The normalized spacial score (nSPS) is 29.7. The number of hydrogen-bond acceptors (Lipinski definition) is 4. The van der Waals surface area contributed by atoms with E-state index < -0.39 is 0 Å². The number of anilines is 1. The number of hydrogen-bond donors (Lipinski definition) is 2.